The predicted octanol–water partition coefficient (Wildman–Crippen LogP) is 11.3. The van der Waals surface area contributed by atoms with Crippen LogP contribution in [0.4, 0.5) is 0 Å². The van der Waals surface area contributed by atoms with Crippen LogP contribution in [-0.2, 0) is 19.1 Å². The lowest BCUT2D eigenvalue weighted by Crippen LogP contribution is -2.43. The van der Waals surface area contributed by atoms with E-state index in [-0.39, 0.29) is 43.2 Å². The number of amides is 2. The third-order valence-corrected chi connectivity index (χ3v) is 13.7. The van der Waals surface area contributed by atoms with Gasteiger partial charge in [0.2, 0.25) is 11.8 Å². The zero-order chi connectivity index (χ0) is 45.5. The van der Waals surface area contributed by atoms with E-state index in [1.807, 2.05) is 84.9 Å². The summed E-state index contributed by atoms with van der Waals surface area (Å²) in [6.07, 6.45) is 21.2. The smallest absolute Gasteiger partial charge is 0.224 e. The second-order valence-electron chi connectivity index (χ2n) is 17.6. The molecule has 66 heavy (non-hydrogen) atoms. The molecule has 4 fully saturated rings. The number of hydrogen-bond acceptors (Lipinski definition) is 8. The van der Waals surface area contributed by atoms with Crippen LogP contribution in [0.25, 0.3) is 0 Å². The molecule has 2 amide bonds. The lowest BCUT2D eigenvalue weighted by Gasteiger charge is -2.32. The molecule has 0 bridgehead atoms. The number of carbonyl (C=O) groups excluding carboxylic acids is 2. The molecule has 2 aromatic carbocycles. The molecule has 2 saturated heterocycles. The number of hydrogen-bond donors (Lipinski definition) is 3. The number of aromatic nitrogens is 2. The van der Waals surface area contributed by atoms with Crippen LogP contribution in [0.1, 0.15) is 132 Å². The fourth-order valence-corrected chi connectivity index (χ4v) is 9.55. The van der Waals surface area contributed by atoms with Crippen LogP contribution in [0.3, 0.4) is 0 Å². The molecular weight excluding hydrogens is 935 g/mol. The molecule has 0 spiro atoms. The predicted molar refractivity (Wildman–Crippen MR) is 272 cm³/mol. The molecule has 10 nitrogen and oxygen atoms in total. The summed E-state index contributed by atoms with van der Waals surface area (Å²) in [5, 5.41) is 12.0. The molecule has 2 aliphatic heterocycles. The van der Waals surface area contributed by atoms with Crippen LogP contribution in [0, 0.1) is 11.8 Å². The third kappa shape index (κ3) is 18.2. The van der Waals surface area contributed by atoms with E-state index >= 15 is 0 Å². The van der Waals surface area contributed by atoms with Gasteiger partial charge in [0.25, 0.3) is 0 Å². The maximum absolute atomic E-state index is 13.1. The number of carbonyl (C=O) groups is 2. The normalized spacial score (nSPS) is 18.5. The molecule has 2 aromatic heterocycles. The molecule has 2 saturated carbocycles. The van der Waals surface area contributed by atoms with Gasteiger partial charge in [-0.1, -0.05) is 121 Å². The molecular formula is C53H73BrCl2N6O4. The summed E-state index contributed by atoms with van der Waals surface area (Å²) in [5.41, 5.74) is 3.63. The number of pyridine rings is 2. The van der Waals surface area contributed by atoms with Gasteiger partial charge in [-0.15, -0.1) is 0 Å². The van der Waals surface area contributed by atoms with Gasteiger partial charge in [-0.05, 0) is 137 Å². The van der Waals surface area contributed by atoms with Gasteiger partial charge >= 0.3 is 0 Å². The van der Waals surface area contributed by atoms with Gasteiger partial charge in [-0.25, -0.2) is 0 Å². The molecule has 13 heteroatoms. The molecule has 2 aliphatic carbocycles. The fourth-order valence-electron chi connectivity index (χ4n) is 9.11. The highest BCUT2D eigenvalue weighted by atomic mass is 79.9. The first-order chi connectivity index (χ1) is 31.9. The number of piperidine rings is 2. The number of halogens is 3. The Morgan fingerprint density at radius 1 is 0.621 bits per heavy atom. The third-order valence-electron chi connectivity index (χ3n) is 12.9. The summed E-state index contributed by atoms with van der Waals surface area (Å²) >= 11 is 15.4. The monoisotopic (exact) mass is 1010 g/mol. The van der Waals surface area contributed by atoms with E-state index in [0.29, 0.717) is 22.3 Å². The van der Waals surface area contributed by atoms with Gasteiger partial charge < -0.3 is 30.3 Å². The molecule has 4 heterocycles. The van der Waals surface area contributed by atoms with E-state index in [1.54, 1.807) is 12.4 Å². The maximum atomic E-state index is 13.1. The van der Waals surface area contributed by atoms with Crippen LogP contribution in [-0.4, -0.2) is 90.2 Å². The Bertz CT molecular complexity index is 1930. The van der Waals surface area contributed by atoms with Crippen molar-refractivity contribution in [3.63, 3.8) is 0 Å². The molecule has 2 atom stereocenters. The molecule has 2 unspecified atom stereocenters. The Kier molecular flexibility index (Phi) is 24.5. The second-order valence-corrected chi connectivity index (χ2v) is 19.3. The zero-order valence-corrected chi connectivity index (χ0v) is 41.0. The summed E-state index contributed by atoms with van der Waals surface area (Å²) in [5.74, 6) is 0.296. The number of nitrogens with zero attached hydrogens (tertiary/aromatic N) is 3. The van der Waals surface area contributed by atoms with E-state index in [9.17, 15) is 9.59 Å². The van der Waals surface area contributed by atoms with Gasteiger partial charge in [-0.2, -0.15) is 0 Å². The van der Waals surface area contributed by atoms with Gasteiger partial charge in [0.15, 0.2) is 0 Å². The molecule has 0 radical (unpaired) electrons. The Morgan fingerprint density at radius 3 is 1.48 bits per heavy atom. The summed E-state index contributed by atoms with van der Waals surface area (Å²) in [6, 6.07) is 26.2. The van der Waals surface area contributed by atoms with Crippen molar-refractivity contribution < 1.29 is 19.1 Å². The highest BCUT2D eigenvalue weighted by molar-refractivity contribution is 9.09. The van der Waals surface area contributed by atoms with E-state index in [0.717, 1.165) is 99.5 Å². The van der Waals surface area contributed by atoms with Crippen molar-refractivity contribution in [2.75, 3.05) is 51.3 Å². The van der Waals surface area contributed by atoms with E-state index in [4.69, 9.17) is 32.7 Å². The number of benzene rings is 2. The van der Waals surface area contributed by atoms with Crippen molar-refractivity contribution in [1.29, 1.82) is 0 Å². The molecule has 8 rings (SSSR count). The lowest BCUT2D eigenvalue weighted by atomic mass is 9.94. The SMILES string of the molecule is BrCCOC1CCCCC1.C.O=C(NC(c1ccc(Cl)cc1)c1ccccn1)C1CCN(CCOC2CCCCC2)CC1.O=C(NC(c1ccc(Cl)cc1)c1ccccn1)C1CCNCC1. The molecule has 3 N–H and O–H groups in total. The van der Waals surface area contributed by atoms with Crippen LogP contribution in [0.2, 0.25) is 10.0 Å². The highest BCUT2D eigenvalue weighted by Gasteiger charge is 2.29. The minimum absolute atomic E-state index is 0. The van der Waals surface area contributed by atoms with Gasteiger partial charge in [0.1, 0.15) is 0 Å². The molecule has 360 valence electrons. The van der Waals surface area contributed by atoms with E-state index in [2.05, 4.69) is 46.7 Å². The quantitative estimate of drug-likeness (QED) is 0.101. The van der Waals surface area contributed by atoms with Crippen molar-refractivity contribution >= 4 is 50.9 Å². The number of rotatable bonds is 15. The van der Waals surface area contributed by atoms with Gasteiger partial charge in [0, 0.05) is 46.1 Å². The Labute approximate surface area is 413 Å². The topological polar surface area (TPSA) is 118 Å². The Morgan fingerprint density at radius 2 is 1.06 bits per heavy atom. The highest BCUT2D eigenvalue weighted by Crippen LogP contribution is 2.27. The van der Waals surface area contributed by atoms with Crippen LogP contribution >= 0.6 is 39.1 Å². The minimum Gasteiger partial charge on any atom is -0.377 e. The summed E-state index contributed by atoms with van der Waals surface area (Å²) in [7, 11) is 0. The summed E-state index contributed by atoms with van der Waals surface area (Å²) in [6.45, 7) is 6.33. The van der Waals surface area contributed by atoms with Crippen molar-refractivity contribution in [3.8, 4) is 0 Å². The van der Waals surface area contributed by atoms with Crippen molar-refractivity contribution in [1.82, 2.24) is 30.8 Å². The maximum Gasteiger partial charge on any atom is 0.224 e. The van der Waals surface area contributed by atoms with Crippen LogP contribution in [0.15, 0.2) is 97.3 Å². The van der Waals surface area contributed by atoms with E-state index in [1.165, 1.54) is 64.2 Å². The summed E-state index contributed by atoms with van der Waals surface area (Å²) < 4.78 is 11.7. The number of ether oxygens (including phenoxy) is 2. The fraction of sp³-hybridized carbons (Fsp3) is 0.547. The summed E-state index contributed by atoms with van der Waals surface area (Å²) in [4.78, 5) is 37.1. The van der Waals surface area contributed by atoms with Crippen LogP contribution in [0.5, 0.6) is 0 Å². The minimum atomic E-state index is -0.275. The molecule has 4 aromatic rings. The van der Waals surface area contributed by atoms with Gasteiger partial charge in [-0.3, -0.25) is 19.6 Å². The lowest BCUT2D eigenvalue weighted by molar-refractivity contribution is -0.127. The standard InChI is InChI=1S/C26H34ClN3O2.C18H20ClN3O.C8H15BrO.CH4/c27-22-11-9-20(10-12-22)25(24-8-4-5-15-28-24)29-26(31)21-13-16-30(17-14-21)18-19-32-23-6-2-1-3-7-23;19-15-6-4-13(5-7-15)17(16-3-1-2-10-21-16)22-18(23)14-8-11-20-12-9-14;9-6-7-10-8-4-2-1-3-5-8;/h4-5,8-12,15,21,23,25H,1-3,6-7,13-14,16-19H2,(H,29,31);1-7,10,14,17,20H,8-9,11-12H2,(H,22,23);8H,1-7H2;1H4. The molecule has 4 aliphatic rings. The van der Waals surface area contributed by atoms with Gasteiger partial charge in [0.05, 0.1) is 48.9 Å². The number of alkyl halides is 1. The first kappa shape index (κ1) is 53.5. The first-order valence-corrected chi connectivity index (χ1v) is 25.9. The van der Waals surface area contributed by atoms with Crippen molar-refractivity contribution in [3.05, 3.63) is 130 Å². The van der Waals surface area contributed by atoms with Crippen molar-refractivity contribution in [2.45, 2.75) is 122 Å². The second kappa shape index (κ2) is 30.1. The largest absolute Gasteiger partial charge is 0.377 e. The van der Waals surface area contributed by atoms with E-state index < -0.39 is 0 Å². The Hall–Kier alpha value is -3.42. The Balaban J connectivity index is 0.000000209. The average molecular weight is 1010 g/mol. The number of likely N-dealkylation sites (tertiary alicyclic amines) is 1. The van der Waals surface area contributed by atoms with Crippen molar-refractivity contribution in [2.24, 2.45) is 11.8 Å². The first-order valence-electron chi connectivity index (χ1n) is 24.0. The zero-order valence-electron chi connectivity index (χ0n) is 37.9. The average Bonchev–Trinajstić information content (AvgIpc) is 3.37. The van der Waals surface area contributed by atoms with Crippen LogP contribution < -0.4 is 16.0 Å². The number of nitrogens with one attached hydrogen (secondary N) is 3.